The van der Waals surface area contributed by atoms with Crippen LogP contribution in [0.3, 0.4) is 0 Å². The molecule has 2 rings (SSSR count). The van der Waals surface area contributed by atoms with Crippen molar-refractivity contribution in [1.29, 1.82) is 0 Å². The molecule has 4 heteroatoms. The fraction of sp³-hybridized carbons (Fsp3) is 0.562. The van der Waals surface area contributed by atoms with Crippen LogP contribution in [0.2, 0.25) is 0 Å². The van der Waals surface area contributed by atoms with Crippen LogP contribution < -0.4 is 5.43 Å². The van der Waals surface area contributed by atoms with Crippen molar-refractivity contribution in [2.45, 2.75) is 51.5 Å². The first-order valence-electron chi connectivity index (χ1n) is 7.57. The second-order valence-corrected chi connectivity index (χ2v) is 5.50. The fourth-order valence-electron chi connectivity index (χ4n) is 2.40. The number of nitrogens with zero attached hydrogens (tertiary/aromatic N) is 1. The Hall–Kier alpha value is -1.55. The van der Waals surface area contributed by atoms with Crippen LogP contribution in [0.4, 0.5) is 5.69 Å². The monoisotopic (exact) mass is 276 g/mol. The molecule has 2 unspecified atom stereocenters. The summed E-state index contributed by atoms with van der Waals surface area (Å²) in [5, 5.41) is 11.1. The normalized spacial score (nSPS) is 20.6. The number of hydrazine groups is 1. The third-order valence-electron chi connectivity index (χ3n) is 3.76. The molecule has 1 aliphatic rings. The van der Waals surface area contributed by atoms with E-state index in [9.17, 15) is 4.79 Å². The van der Waals surface area contributed by atoms with E-state index in [1.54, 1.807) is 12.1 Å². The molecule has 2 N–H and O–H groups in total. The zero-order valence-electron chi connectivity index (χ0n) is 12.1. The van der Waals surface area contributed by atoms with Crippen LogP contribution in [0, 0.1) is 0 Å². The average Bonchev–Trinajstić information content (AvgIpc) is 3.17. The lowest BCUT2D eigenvalue weighted by atomic mass is 10.1. The SMILES string of the molecule is CCCCCCCC1CN1Nc1ccc(C(=O)O)cc1. The first-order valence-corrected chi connectivity index (χ1v) is 7.57. The summed E-state index contributed by atoms with van der Waals surface area (Å²) in [6.45, 7) is 3.33. The molecular formula is C16H24N2O2. The first kappa shape index (κ1) is 14.9. The number of hydrogen-bond acceptors (Lipinski definition) is 3. The van der Waals surface area contributed by atoms with Crippen LogP contribution in [0.1, 0.15) is 55.8 Å². The largest absolute Gasteiger partial charge is 0.478 e. The maximum absolute atomic E-state index is 10.8. The molecule has 0 amide bonds. The number of unbranched alkanes of at least 4 members (excludes halogenated alkanes) is 4. The van der Waals surface area contributed by atoms with Crippen LogP contribution in [0.15, 0.2) is 24.3 Å². The fourth-order valence-corrected chi connectivity index (χ4v) is 2.40. The lowest BCUT2D eigenvalue weighted by Crippen LogP contribution is -2.11. The van der Waals surface area contributed by atoms with Gasteiger partial charge in [-0.05, 0) is 30.7 Å². The minimum Gasteiger partial charge on any atom is -0.478 e. The van der Waals surface area contributed by atoms with Crippen molar-refractivity contribution in [3.63, 3.8) is 0 Å². The number of carboxylic acid groups (broad SMARTS) is 1. The quantitative estimate of drug-likeness (QED) is 0.532. The van der Waals surface area contributed by atoms with Crippen LogP contribution >= 0.6 is 0 Å². The zero-order chi connectivity index (χ0) is 14.4. The van der Waals surface area contributed by atoms with Gasteiger partial charge in [-0.25, -0.2) is 9.80 Å². The van der Waals surface area contributed by atoms with Gasteiger partial charge in [0, 0.05) is 18.3 Å². The second kappa shape index (κ2) is 7.29. The number of carbonyl (C=O) groups is 1. The highest BCUT2D eigenvalue weighted by Crippen LogP contribution is 2.24. The molecule has 1 heterocycles. The Labute approximate surface area is 120 Å². The second-order valence-electron chi connectivity index (χ2n) is 5.50. The van der Waals surface area contributed by atoms with Crippen molar-refractivity contribution in [1.82, 2.24) is 5.01 Å². The van der Waals surface area contributed by atoms with Gasteiger partial charge in [-0.1, -0.05) is 39.0 Å². The maximum Gasteiger partial charge on any atom is 0.335 e. The van der Waals surface area contributed by atoms with Crippen molar-refractivity contribution in [2.24, 2.45) is 0 Å². The molecule has 20 heavy (non-hydrogen) atoms. The van der Waals surface area contributed by atoms with Crippen molar-refractivity contribution < 1.29 is 9.90 Å². The Bertz CT molecular complexity index is 431. The number of aromatic carboxylic acids is 1. The molecule has 0 saturated carbocycles. The Morgan fingerprint density at radius 1 is 1.25 bits per heavy atom. The van der Waals surface area contributed by atoms with Crippen molar-refractivity contribution in [3.8, 4) is 0 Å². The molecule has 0 bridgehead atoms. The van der Waals surface area contributed by atoms with Crippen LogP contribution in [-0.2, 0) is 0 Å². The molecule has 1 aliphatic heterocycles. The Morgan fingerprint density at radius 2 is 1.95 bits per heavy atom. The van der Waals surface area contributed by atoms with Gasteiger partial charge in [-0.2, -0.15) is 0 Å². The third kappa shape index (κ3) is 4.53. The maximum atomic E-state index is 10.8. The summed E-state index contributed by atoms with van der Waals surface area (Å²) in [5.41, 5.74) is 4.61. The van der Waals surface area contributed by atoms with Crippen molar-refractivity contribution in [3.05, 3.63) is 29.8 Å². The van der Waals surface area contributed by atoms with E-state index in [-0.39, 0.29) is 0 Å². The number of hydrogen-bond donors (Lipinski definition) is 2. The predicted molar refractivity (Wildman–Crippen MR) is 80.9 cm³/mol. The van der Waals surface area contributed by atoms with E-state index in [0.717, 1.165) is 12.2 Å². The van der Waals surface area contributed by atoms with Crippen molar-refractivity contribution in [2.75, 3.05) is 12.0 Å². The number of anilines is 1. The molecule has 0 aromatic heterocycles. The van der Waals surface area contributed by atoms with Gasteiger partial charge >= 0.3 is 5.97 Å². The van der Waals surface area contributed by atoms with E-state index < -0.39 is 5.97 Å². The van der Waals surface area contributed by atoms with Crippen LogP contribution in [0.25, 0.3) is 0 Å². The molecular weight excluding hydrogens is 252 g/mol. The molecule has 2 atom stereocenters. The highest BCUT2D eigenvalue weighted by atomic mass is 16.4. The van der Waals surface area contributed by atoms with E-state index in [0.29, 0.717) is 11.6 Å². The zero-order valence-corrected chi connectivity index (χ0v) is 12.1. The summed E-state index contributed by atoms with van der Waals surface area (Å²) in [7, 11) is 0. The Kier molecular flexibility index (Phi) is 5.41. The van der Waals surface area contributed by atoms with Gasteiger partial charge in [0.15, 0.2) is 0 Å². The van der Waals surface area contributed by atoms with Crippen molar-refractivity contribution >= 4 is 11.7 Å². The molecule has 1 aromatic rings. The summed E-state index contributed by atoms with van der Waals surface area (Å²) in [6.07, 6.45) is 7.90. The summed E-state index contributed by atoms with van der Waals surface area (Å²) >= 11 is 0. The van der Waals surface area contributed by atoms with E-state index in [2.05, 4.69) is 17.4 Å². The number of benzene rings is 1. The van der Waals surface area contributed by atoms with E-state index in [1.807, 2.05) is 12.1 Å². The van der Waals surface area contributed by atoms with Gasteiger partial charge in [0.25, 0.3) is 0 Å². The average molecular weight is 276 g/mol. The standard InChI is InChI=1S/C16H24N2O2/c1-2-3-4-5-6-7-15-12-18(15)17-14-10-8-13(9-11-14)16(19)20/h8-11,15,17H,2-7,12H2,1H3,(H,19,20). The molecule has 110 valence electrons. The molecule has 4 nitrogen and oxygen atoms in total. The molecule has 1 saturated heterocycles. The first-order chi connectivity index (χ1) is 9.70. The highest BCUT2D eigenvalue weighted by Gasteiger charge is 2.33. The minimum atomic E-state index is -0.881. The van der Waals surface area contributed by atoms with Gasteiger partial charge in [0.2, 0.25) is 0 Å². The molecule has 0 radical (unpaired) electrons. The van der Waals surface area contributed by atoms with Gasteiger partial charge < -0.3 is 10.5 Å². The van der Waals surface area contributed by atoms with Gasteiger partial charge in [0.05, 0.1) is 5.56 Å². The van der Waals surface area contributed by atoms with Gasteiger partial charge in [0.1, 0.15) is 0 Å². The molecule has 0 spiro atoms. The molecule has 1 aromatic carbocycles. The summed E-state index contributed by atoms with van der Waals surface area (Å²) in [5.74, 6) is -0.881. The van der Waals surface area contributed by atoms with E-state index in [1.165, 1.54) is 38.5 Å². The van der Waals surface area contributed by atoms with Crippen LogP contribution in [0.5, 0.6) is 0 Å². The third-order valence-corrected chi connectivity index (χ3v) is 3.76. The number of nitrogens with one attached hydrogen (secondary N) is 1. The smallest absolute Gasteiger partial charge is 0.335 e. The minimum absolute atomic E-state index is 0.328. The van der Waals surface area contributed by atoms with Gasteiger partial charge in [-0.3, -0.25) is 0 Å². The Morgan fingerprint density at radius 3 is 2.60 bits per heavy atom. The van der Waals surface area contributed by atoms with E-state index in [4.69, 9.17) is 5.11 Å². The topological polar surface area (TPSA) is 52.3 Å². The van der Waals surface area contributed by atoms with E-state index >= 15 is 0 Å². The predicted octanol–water partition coefficient (Wildman–Crippen LogP) is 3.76. The Balaban J connectivity index is 1.64. The molecule has 0 aliphatic carbocycles. The summed E-state index contributed by atoms with van der Waals surface area (Å²) < 4.78 is 0. The number of carboxylic acids is 1. The van der Waals surface area contributed by atoms with Gasteiger partial charge in [-0.15, -0.1) is 0 Å². The summed E-state index contributed by atoms with van der Waals surface area (Å²) in [4.78, 5) is 10.8. The molecule has 1 fully saturated rings. The lowest BCUT2D eigenvalue weighted by molar-refractivity contribution is 0.0697. The highest BCUT2D eigenvalue weighted by molar-refractivity contribution is 5.87. The summed E-state index contributed by atoms with van der Waals surface area (Å²) in [6, 6.07) is 7.55. The lowest BCUT2D eigenvalue weighted by Gasteiger charge is -2.08. The van der Waals surface area contributed by atoms with Crippen LogP contribution in [-0.4, -0.2) is 28.7 Å². The number of rotatable bonds is 9.